The molecule has 4 fully saturated rings. The van der Waals surface area contributed by atoms with Gasteiger partial charge in [0.25, 0.3) is 0 Å². The molecule has 1 aromatic heterocycles. The molecule has 15 heteroatoms. The van der Waals surface area contributed by atoms with E-state index in [-0.39, 0.29) is 54.9 Å². The van der Waals surface area contributed by atoms with Crippen molar-refractivity contribution in [3.63, 3.8) is 0 Å². The van der Waals surface area contributed by atoms with Crippen LogP contribution in [-0.2, 0) is 46.2 Å². The summed E-state index contributed by atoms with van der Waals surface area (Å²) < 4.78 is 16.4. The molecule has 6 aliphatic rings. The van der Waals surface area contributed by atoms with Crippen LogP contribution in [0.5, 0.6) is 0 Å². The van der Waals surface area contributed by atoms with Crippen molar-refractivity contribution < 1.29 is 48.4 Å². The molecule has 3 saturated carbocycles. The fourth-order valence-corrected chi connectivity index (χ4v) is 13.9. The molecule has 1 amide bonds. The van der Waals surface area contributed by atoms with Crippen LogP contribution in [0, 0.1) is 28.6 Å². The number of ether oxygens (including phenoxy) is 3. The Balaban J connectivity index is 0.000000184. The summed E-state index contributed by atoms with van der Waals surface area (Å²) in [5, 5.41) is 25.3. The lowest BCUT2D eigenvalue weighted by Crippen LogP contribution is -2.69. The number of allylic oxidation sites excluding steroid dienone is 4. The number of aromatic nitrogens is 1. The standard InChI is InChI=1S/C28H37ClO7.C22H23ClN2O2.C10H15NO/c1-6-23(33)35-15-22(32)28(36-24(34)7-2)16(3)12-20-19-9-8-17-13-18(30)10-11-25(17,4)27(19,29)21(31)14-26(20,28)5;1-2-27-22(26)25-12-9-15(10-13-25)20-19-8-7-18(23)14-17(19)6-5-16-4-3-11-24-21(16)20;1-8(11-2)10(12)9-6-4-3-5-7-9/h10-11,13,16,19-21,31H,6-9,12,14-15H2,1-5H3;3-4,7-8,11,14H,2,5-6,9-10,12-13H2,1H3;3-8,10-12H,1-2H3/t16-,19-,20-,21-,25-,26-,27-,28-;;/m0../s1. The van der Waals surface area contributed by atoms with Gasteiger partial charge >= 0.3 is 18.0 Å². The molecule has 2 aromatic carbocycles. The number of hydrogen-bond donors (Lipinski definition) is 3. The summed E-state index contributed by atoms with van der Waals surface area (Å²) in [6.45, 7) is 14.2. The van der Waals surface area contributed by atoms with Gasteiger partial charge in [-0.2, -0.15) is 0 Å². The first-order valence-corrected chi connectivity index (χ1v) is 27.5. The molecule has 9 rings (SSSR count). The number of aryl methyl sites for hydroxylation is 2. The van der Waals surface area contributed by atoms with Crippen LogP contribution in [-0.4, -0.2) is 106 Å². The van der Waals surface area contributed by atoms with Crippen LogP contribution in [0.4, 0.5) is 4.79 Å². The third-order valence-electron chi connectivity index (χ3n) is 17.3. The minimum Gasteiger partial charge on any atom is -0.457 e. The van der Waals surface area contributed by atoms with Crippen molar-refractivity contribution in [3.8, 4) is 0 Å². The van der Waals surface area contributed by atoms with Gasteiger partial charge in [0.05, 0.1) is 29.4 Å². The molecule has 3 aromatic rings. The number of benzene rings is 2. The number of pyridine rings is 1. The molecule has 1 aliphatic heterocycles. The van der Waals surface area contributed by atoms with Gasteiger partial charge < -0.3 is 34.6 Å². The van der Waals surface area contributed by atoms with Crippen LogP contribution in [0.2, 0.25) is 5.02 Å². The van der Waals surface area contributed by atoms with E-state index in [2.05, 4.69) is 23.5 Å². The quantitative estimate of drug-likeness (QED) is 0.0995. The number of nitrogens with zero attached hydrogens (tertiary/aromatic N) is 2. The number of carbonyl (C=O) groups is 5. The van der Waals surface area contributed by atoms with Gasteiger partial charge in [0, 0.05) is 65.5 Å². The number of alkyl halides is 1. The Morgan fingerprint density at radius 3 is 2.27 bits per heavy atom. The Morgan fingerprint density at radius 1 is 0.907 bits per heavy atom. The van der Waals surface area contributed by atoms with Gasteiger partial charge in [-0.15, -0.1) is 11.6 Å². The first-order chi connectivity index (χ1) is 35.7. The van der Waals surface area contributed by atoms with Gasteiger partial charge in [0.1, 0.15) is 0 Å². The minimum atomic E-state index is -1.55. The summed E-state index contributed by atoms with van der Waals surface area (Å²) in [7, 11) is 1.84. The highest BCUT2D eigenvalue weighted by atomic mass is 35.5. The Hall–Kier alpha value is -5.18. The number of rotatable bonds is 10. The molecule has 75 heavy (non-hydrogen) atoms. The maximum Gasteiger partial charge on any atom is 0.409 e. The average molecular weight is 1070 g/mol. The van der Waals surface area contributed by atoms with Gasteiger partial charge in [-0.3, -0.25) is 24.2 Å². The van der Waals surface area contributed by atoms with E-state index in [1.54, 1.807) is 24.8 Å². The molecule has 13 nitrogen and oxygen atoms in total. The number of carbonyl (C=O) groups excluding carboxylic acids is 5. The number of likely N-dealkylation sites (N-methyl/N-ethyl adjacent to an activating group) is 1. The highest BCUT2D eigenvalue weighted by molar-refractivity contribution is 6.30. The highest BCUT2D eigenvalue weighted by Crippen LogP contribution is 2.72. The largest absolute Gasteiger partial charge is 0.457 e. The van der Waals surface area contributed by atoms with Crippen molar-refractivity contribution in [1.29, 1.82) is 0 Å². The predicted molar refractivity (Wildman–Crippen MR) is 290 cm³/mol. The normalized spacial score (nSPS) is 29.1. The van der Waals surface area contributed by atoms with Crippen LogP contribution in [0.25, 0.3) is 5.57 Å². The number of aliphatic hydroxyl groups is 2. The third-order valence-corrected chi connectivity index (χ3v) is 18.4. The molecule has 1 saturated heterocycles. The minimum absolute atomic E-state index is 0.0801. The van der Waals surface area contributed by atoms with E-state index in [1.807, 2.05) is 96.4 Å². The van der Waals surface area contributed by atoms with Gasteiger partial charge in [0.15, 0.2) is 18.0 Å². The van der Waals surface area contributed by atoms with E-state index in [4.69, 9.17) is 42.4 Å². The van der Waals surface area contributed by atoms with Crippen LogP contribution in [0.15, 0.2) is 96.2 Å². The predicted octanol–water partition coefficient (Wildman–Crippen LogP) is 10.3. The van der Waals surface area contributed by atoms with Gasteiger partial charge in [-0.05, 0) is 137 Å². The van der Waals surface area contributed by atoms with E-state index >= 15 is 0 Å². The van der Waals surface area contributed by atoms with E-state index in [1.165, 1.54) is 33.9 Å². The third kappa shape index (κ3) is 11.0. The number of aliphatic hydroxyl groups excluding tert-OH is 2. The van der Waals surface area contributed by atoms with Crippen LogP contribution in [0.3, 0.4) is 0 Å². The summed E-state index contributed by atoms with van der Waals surface area (Å²) in [5.74, 6) is -2.24. The molecule has 2 heterocycles. The van der Waals surface area contributed by atoms with Crippen molar-refractivity contribution in [2.45, 2.75) is 141 Å². The van der Waals surface area contributed by atoms with Crippen molar-refractivity contribution >= 4 is 58.4 Å². The van der Waals surface area contributed by atoms with Crippen molar-refractivity contribution in [3.05, 3.63) is 129 Å². The van der Waals surface area contributed by atoms with Crippen molar-refractivity contribution in [2.75, 3.05) is 33.4 Å². The molecular weight excluding hydrogens is 994 g/mol. The number of piperidine rings is 1. The number of ketones is 2. The molecule has 404 valence electrons. The SMILES string of the molecule is CCC(=O)OCC(=O)[C@@]1(OC(=O)CC)[C@@H](C)C[C@H]2[C@@H]3CCC4=CC(=O)C=C[C@]4(C)[C@@]3(Cl)[C@@H](O)C[C@@]21C.CCOC(=O)N1CCC(=C2c3ccc(Cl)cc3CCc3cccnc32)CC1.CNC(C)C(O)c1ccccc1. The number of nitrogens with one attached hydrogen (secondary N) is 1. The van der Waals surface area contributed by atoms with E-state index in [0.29, 0.717) is 39.0 Å². The van der Waals surface area contributed by atoms with Crippen molar-refractivity contribution in [1.82, 2.24) is 15.2 Å². The maximum atomic E-state index is 13.9. The highest BCUT2D eigenvalue weighted by Gasteiger charge is 2.76. The lowest BCUT2D eigenvalue weighted by Gasteiger charge is -2.64. The second-order valence-electron chi connectivity index (χ2n) is 21.3. The zero-order valence-electron chi connectivity index (χ0n) is 44.8. The number of esters is 2. The fraction of sp³-hybridized carbons (Fsp3) is 0.533. The first-order valence-electron chi connectivity index (χ1n) is 26.7. The number of fused-ring (bicyclic) bond motifs is 7. The lowest BCUT2D eigenvalue weighted by atomic mass is 9.45. The summed E-state index contributed by atoms with van der Waals surface area (Å²) in [4.78, 5) is 68.0. The molecule has 0 spiro atoms. The summed E-state index contributed by atoms with van der Waals surface area (Å²) >= 11 is 13.7. The summed E-state index contributed by atoms with van der Waals surface area (Å²) in [5.41, 5.74) is 6.15. The van der Waals surface area contributed by atoms with Crippen LogP contribution >= 0.6 is 23.2 Å². The van der Waals surface area contributed by atoms with Gasteiger partial charge in [-0.25, -0.2) is 4.79 Å². The topological polar surface area (TPSA) is 182 Å². The Bertz CT molecular complexity index is 2700. The molecule has 0 radical (unpaired) electrons. The second kappa shape index (κ2) is 24.0. The van der Waals surface area contributed by atoms with Crippen molar-refractivity contribution in [2.24, 2.45) is 28.6 Å². The number of Topliss-reactive ketones (excluding diaryl/α,β-unsaturated/α-hetero) is 1. The molecule has 2 unspecified atom stereocenters. The summed E-state index contributed by atoms with van der Waals surface area (Å²) in [6, 6.07) is 20.1. The van der Waals surface area contributed by atoms with E-state index in [9.17, 15) is 34.2 Å². The Morgan fingerprint density at radius 2 is 1.60 bits per heavy atom. The average Bonchev–Trinajstić information content (AvgIpc) is 3.66. The number of amides is 1. The molecule has 3 N–H and O–H groups in total. The van der Waals surface area contributed by atoms with Gasteiger partial charge in [-0.1, -0.05) is 106 Å². The molecule has 0 bridgehead atoms. The zero-order chi connectivity index (χ0) is 54.5. The molecular formula is C60H75Cl2N3O10. The summed E-state index contributed by atoms with van der Waals surface area (Å²) in [6.07, 6.45) is 11.0. The van der Waals surface area contributed by atoms with E-state index < -0.39 is 57.8 Å². The first kappa shape index (κ1) is 57.5. The fourth-order valence-electron chi connectivity index (χ4n) is 13.2. The molecule has 10 atom stereocenters. The Labute approximate surface area is 452 Å². The zero-order valence-corrected chi connectivity index (χ0v) is 46.3. The lowest BCUT2D eigenvalue weighted by molar-refractivity contribution is -0.203. The smallest absolute Gasteiger partial charge is 0.409 e. The van der Waals surface area contributed by atoms with Crippen LogP contribution in [0.1, 0.15) is 134 Å². The number of hydrogen-bond acceptors (Lipinski definition) is 12. The van der Waals surface area contributed by atoms with Crippen LogP contribution < -0.4 is 5.32 Å². The molecule has 5 aliphatic carbocycles. The number of halogens is 2. The maximum absolute atomic E-state index is 13.9. The monoisotopic (exact) mass is 1070 g/mol. The second-order valence-corrected chi connectivity index (χ2v) is 22.4. The van der Waals surface area contributed by atoms with Gasteiger partial charge in [0.2, 0.25) is 5.78 Å². The Kier molecular flexibility index (Phi) is 18.4. The number of likely N-dealkylation sites (tertiary alicyclic amines) is 1. The van der Waals surface area contributed by atoms with E-state index in [0.717, 1.165) is 47.5 Å².